The van der Waals surface area contributed by atoms with Gasteiger partial charge in [0.15, 0.2) is 0 Å². The van der Waals surface area contributed by atoms with Crippen molar-refractivity contribution in [1.82, 2.24) is 9.88 Å². The molecule has 3 nitrogen and oxygen atoms in total. The Morgan fingerprint density at radius 1 is 1.09 bits per heavy atom. The Morgan fingerprint density at radius 3 is 2.70 bits per heavy atom. The van der Waals surface area contributed by atoms with Gasteiger partial charge in [-0.2, -0.15) is 0 Å². The van der Waals surface area contributed by atoms with Crippen LogP contribution < -0.4 is 5.73 Å². The van der Waals surface area contributed by atoms with Gasteiger partial charge in [0.2, 0.25) is 0 Å². The second kappa shape index (κ2) is 7.64. The normalized spacial score (nSPS) is 11.4. The number of nitrogens with two attached hydrogens (primary N) is 1. The molecule has 0 fully saturated rings. The minimum Gasteiger partial charge on any atom is -0.329 e. The van der Waals surface area contributed by atoms with E-state index in [1.807, 2.05) is 6.07 Å². The molecule has 0 saturated heterocycles. The molecule has 0 saturated carbocycles. The van der Waals surface area contributed by atoms with Gasteiger partial charge in [-0.25, -0.2) is 9.37 Å². The molecule has 0 atom stereocenters. The number of aromatic nitrogens is 1. The van der Waals surface area contributed by atoms with Crippen molar-refractivity contribution in [1.29, 1.82) is 0 Å². The Morgan fingerprint density at radius 2 is 1.91 bits per heavy atom. The fraction of sp³-hybridized carbons (Fsp3) is 0.278. The largest absolute Gasteiger partial charge is 0.329 e. The minimum absolute atomic E-state index is 0.212. The molecule has 0 spiro atoms. The summed E-state index contributed by atoms with van der Waals surface area (Å²) < 4.78 is 14.2. The van der Waals surface area contributed by atoms with Crippen LogP contribution in [0.5, 0.6) is 0 Å². The second-order valence-corrected chi connectivity index (χ2v) is 6.64. The number of thiazole rings is 1. The van der Waals surface area contributed by atoms with Crippen LogP contribution in [0.4, 0.5) is 4.39 Å². The molecule has 0 aliphatic rings. The average Bonchev–Trinajstić information content (AvgIpc) is 2.95. The maximum absolute atomic E-state index is 13.3. The second-order valence-electron chi connectivity index (χ2n) is 5.52. The molecule has 0 radical (unpaired) electrons. The van der Waals surface area contributed by atoms with Crippen LogP contribution in [0.15, 0.2) is 48.5 Å². The molecule has 0 aliphatic carbocycles. The van der Waals surface area contributed by atoms with Gasteiger partial charge in [0.1, 0.15) is 10.8 Å². The molecule has 2 N–H and O–H groups in total. The SMILES string of the molecule is NCCN(CCc1ccccc1)Cc1nc2ccc(F)cc2s1. The van der Waals surface area contributed by atoms with Crippen molar-refractivity contribution in [2.75, 3.05) is 19.6 Å². The molecule has 0 amide bonds. The summed E-state index contributed by atoms with van der Waals surface area (Å²) >= 11 is 1.55. The molecule has 1 aromatic heterocycles. The van der Waals surface area contributed by atoms with Gasteiger partial charge < -0.3 is 5.73 Å². The van der Waals surface area contributed by atoms with E-state index >= 15 is 0 Å². The lowest BCUT2D eigenvalue weighted by atomic mass is 10.1. The molecule has 5 heteroatoms. The first-order valence-corrected chi connectivity index (χ1v) is 8.57. The van der Waals surface area contributed by atoms with Crippen molar-refractivity contribution >= 4 is 21.6 Å². The predicted molar refractivity (Wildman–Crippen MR) is 94.1 cm³/mol. The van der Waals surface area contributed by atoms with Crippen LogP contribution in [0, 0.1) is 5.82 Å². The van der Waals surface area contributed by atoms with E-state index in [0.717, 1.165) is 41.3 Å². The highest BCUT2D eigenvalue weighted by Gasteiger charge is 2.10. The van der Waals surface area contributed by atoms with Gasteiger partial charge in [0.25, 0.3) is 0 Å². The number of hydrogen-bond acceptors (Lipinski definition) is 4. The van der Waals surface area contributed by atoms with E-state index in [9.17, 15) is 4.39 Å². The van der Waals surface area contributed by atoms with Crippen LogP contribution in [-0.2, 0) is 13.0 Å². The first-order valence-electron chi connectivity index (χ1n) is 7.76. The van der Waals surface area contributed by atoms with Gasteiger partial charge in [-0.05, 0) is 30.2 Å². The van der Waals surface area contributed by atoms with E-state index in [1.165, 1.54) is 11.6 Å². The third kappa shape index (κ3) is 4.34. The lowest BCUT2D eigenvalue weighted by Gasteiger charge is -2.20. The molecule has 1 heterocycles. The summed E-state index contributed by atoms with van der Waals surface area (Å²) in [5, 5.41) is 1.01. The molecule has 0 aliphatic heterocycles. The van der Waals surface area contributed by atoms with Gasteiger partial charge in [-0.3, -0.25) is 4.90 Å². The maximum Gasteiger partial charge on any atom is 0.124 e. The Bertz CT molecular complexity index is 757. The smallest absolute Gasteiger partial charge is 0.124 e. The molecule has 23 heavy (non-hydrogen) atoms. The van der Waals surface area contributed by atoms with Gasteiger partial charge in [0, 0.05) is 19.6 Å². The van der Waals surface area contributed by atoms with Crippen molar-refractivity contribution in [3.63, 3.8) is 0 Å². The van der Waals surface area contributed by atoms with Crippen LogP contribution in [-0.4, -0.2) is 29.5 Å². The first-order chi connectivity index (χ1) is 11.2. The van der Waals surface area contributed by atoms with Crippen LogP contribution in [0.2, 0.25) is 0 Å². The number of fused-ring (bicyclic) bond motifs is 1. The third-order valence-electron chi connectivity index (χ3n) is 3.76. The Kier molecular flexibility index (Phi) is 5.33. The standard InChI is InChI=1S/C18H20FN3S/c19-15-6-7-16-17(12-15)23-18(21-16)13-22(11-9-20)10-8-14-4-2-1-3-5-14/h1-7,12H,8-11,13,20H2. The lowest BCUT2D eigenvalue weighted by molar-refractivity contribution is 0.276. The molecule has 3 aromatic rings. The third-order valence-corrected chi connectivity index (χ3v) is 4.76. The summed E-state index contributed by atoms with van der Waals surface area (Å²) in [6.45, 7) is 3.14. The summed E-state index contributed by atoms with van der Waals surface area (Å²) in [4.78, 5) is 6.91. The Hall–Kier alpha value is -1.82. The summed E-state index contributed by atoms with van der Waals surface area (Å²) in [5.41, 5.74) is 7.92. The van der Waals surface area contributed by atoms with Crippen molar-refractivity contribution in [3.8, 4) is 0 Å². The zero-order valence-electron chi connectivity index (χ0n) is 12.9. The van der Waals surface area contributed by atoms with Crippen molar-refractivity contribution in [3.05, 3.63) is 64.9 Å². The Labute approximate surface area is 139 Å². The molecule has 120 valence electrons. The number of hydrogen-bond donors (Lipinski definition) is 1. The van der Waals surface area contributed by atoms with E-state index < -0.39 is 0 Å². The number of nitrogens with zero attached hydrogens (tertiary/aromatic N) is 2. The van der Waals surface area contributed by atoms with Crippen LogP contribution in [0.3, 0.4) is 0 Å². The molecule has 2 aromatic carbocycles. The predicted octanol–water partition coefficient (Wildman–Crippen LogP) is 3.44. The number of rotatable bonds is 7. The van der Waals surface area contributed by atoms with E-state index in [4.69, 9.17) is 5.73 Å². The van der Waals surface area contributed by atoms with Gasteiger partial charge in [-0.1, -0.05) is 30.3 Å². The van der Waals surface area contributed by atoms with Crippen molar-refractivity contribution in [2.24, 2.45) is 5.73 Å². The van der Waals surface area contributed by atoms with E-state index in [2.05, 4.69) is 34.1 Å². The monoisotopic (exact) mass is 329 g/mol. The van der Waals surface area contributed by atoms with Gasteiger partial charge >= 0.3 is 0 Å². The molecule has 0 bridgehead atoms. The van der Waals surface area contributed by atoms with Crippen molar-refractivity contribution in [2.45, 2.75) is 13.0 Å². The van der Waals surface area contributed by atoms with Crippen molar-refractivity contribution < 1.29 is 4.39 Å². The number of benzene rings is 2. The summed E-state index contributed by atoms with van der Waals surface area (Å²) in [5.74, 6) is -0.212. The molecular weight excluding hydrogens is 309 g/mol. The highest BCUT2D eigenvalue weighted by molar-refractivity contribution is 7.18. The topological polar surface area (TPSA) is 42.1 Å². The highest BCUT2D eigenvalue weighted by atomic mass is 32.1. The first kappa shape index (κ1) is 16.1. The fourth-order valence-corrected chi connectivity index (χ4v) is 3.62. The molecule has 3 rings (SSSR count). The average molecular weight is 329 g/mol. The van der Waals surface area contributed by atoms with Gasteiger partial charge in [-0.15, -0.1) is 11.3 Å². The lowest BCUT2D eigenvalue weighted by Crippen LogP contribution is -2.31. The zero-order valence-corrected chi connectivity index (χ0v) is 13.7. The number of halogens is 1. The summed E-state index contributed by atoms with van der Waals surface area (Å²) in [6, 6.07) is 15.2. The van der Waals surface area contributed by atoms with E-state index in [-0.39, 0.29) is 5.82 Å². The quantitative estimate of drug-likeness (QED) is 0.722. The maximum atomic E-state index is 13.3. The molecule has 0 unspecified atom stereocenters. The van der Waals surface area contributed by atoms with Crippen LogP contribution in [0.1, 0.15) is 10.6 Å². The van der Waals surface area contributed by atoms with Gasteiger partial charge in [0.05, 0.1) is 16.8 Å². The summed E-state index contributed by atoms with van der Waals surface area (Å²) in [6.07, 6.45) is 0.986. The van der Waals surface area contributed by atoms with E-state index in [0.29, 0.717) is 6.54 Å². The van der Waals surface area contributed by atoms with E-state index in [1.54, 1.807) is 23.5 Å². The van der Waals surface area contributed by atoms with Crippen LogP contribution >= 0.6 is 11.3 Å². The fourth-order valence-electron chi connectivity index (χ4n) is 2.59. The Balaban J connectivity index is 1.67. The summed E-state index contributed by atoms with van der Waals surface area (Å²) in [7, 11) is 0. The molecular formula is C18H20FN3S. The van der Waals surface area contributed by atoms with Crippen LogP contribution in [0.25, 0.3) is 10.2 Å². The highest BCUT2D eigenvalue weighted by Crippen LogP contribution is 2.23. The zero-order chi connectivity index (χ0) is 16.1. The minimum atomic E-state index is -0.212.